The molecule has 0 amide bonds. The Kier molecular flexibility index (Phi) is 5.01. The molecule has 3 aliphatic rings. The standard InChI is InChI=1S/C23H32N4O/c28-22-21(19-5-1-2-6-20(19)23(22)7-9-24-10-8-23)27-17-15-26(16-18-27)14-13-25-11-3-4-12-25/h1-6,11-12,21-22,24,28H,7-10,13-18H2/t21-,22+/m1/s1. The minimum absolute atomic E-state index is 0.0575. The van der Waals surface area contributed by atoms with Crippen LogP contribution >= 0.6 is 0 Å². The number of nitrogens with zero attached hydrogens (tertiary/aromatic N) is 3. The molecular weight excluding hydrogens is 348 g/mol. The van der Waals surface area contributed by atoms with Gasteiger partial charge in [-0.2, -0.15) is 0 Å². The number of benzene rings is 1. The van der Waals surface area contributed by atoms with Crippen LogP contribution in [0.25, 0.3) is 0 Å². The van der Waals surface area contributed by atoms with Crippen LogP contribution in [0.2, 0.25) is 0 Å². The largest absolute Gasteiger partial charge is 0.390 e. The molecule has 2 saturated heterocycles. The quantitative estimate of drug-likeness (QED) is 0.850. The van der Waals surface area contributed by atoms with Crippen molar-refractivity contribution >= 4 is 0 Å². The van der Waals surface area contributed by atoms with E-state index in [1.165, 1.54) is 11.1 Å². The summed E-state index contributed by atoms with van der Waals surface area (Å²) >= 11 is 0. The molecule has 2 N–H and O–H groups in total. The number of fused-ring (bicyclic) bond motifs is 2. The van der Waals surface area contributed by atoms with Crippen LogP contribution in [0.15, 0.2) is 48.8 Å². The van der Waals surface area contributed by atoms with Crippen LogP contribution in [0.4, 0.5) is 0 Å². The summed E-state index contributed by atoms with van der Waals surface area (Å²) in [5.74, 6) is 0. The van der Waals surface area contributed by atoms with Crippen LogP contribution in [0.5, 0.6) is 0 Å². The Labute approximate surface area is 167 Å². The molecule has 0 saturated carbocycles. The third-order valence-electron chi connectivity index (χ3n) is 7.32. The molecule has 5 heteroatoms. The Bertz CT molecular complexity index is 776. The van der Waals surface area contributed by atoms with Crippen LogP contribution in [0.1, 0.15) is 30.0 Å². The van der Waals surface area contributed by atoms with Crippen LogP contribution in [-0.2, 0) is 12.0 Å². The average Bonchev–Trinajstić information content (AvgIpc) is 3.34. The van der Waals surface area contributed by atoms with Gasteiger partial charge in [0.1, 0.15) is 0 Å². The van der Waals surface area contributed by atoms with Gasteiger partial charge in [0.2, 0.25) is 0 Å². The average molecular weight is 381 g/mol. The minimum atomic E-state index is -0.293. The number of nitrogens with one attached hydrogen (secondary N) is 1. The molecule has 2 aromatic rings. The molecule has 150 valence electrons. The SMILES string of the molecule is O[C@H]1[C@H](N2CCN(CCn3cccc3)CC2)c2ccccc2C12CCNCC2. The van der Waals surface area contributed by atoms with Gasteiger partial charge in [0.05, 0.1) is 12.1 Å². The van der Waals surface area contributed by atoms with E-state index >= 15 is 0 Å². The molecule has 2 atom stereocenters. The molecule has 2 aliphatic heterocycles. The molecule has 28 heavy (non-hydrogen) atoms. The van der Waals surface area contributed by atoms with Gasteiger partial charge < -0.3 is 15.0 Å². The lowest BCUT2D eigenvalue weighted by atomic mass is 9.72. The summed E-state index contributed by atoms with van der Waals surface area (Å²) in [6, 6.07) is 13.2. The van der Waals surface area contributed by atoms with E-state index in [0.29, 0.717) is 0 Å². The van der Waals surface area contributed by atoms with E-state index in [4.69, 9.17) is 0 Å². The third kappa shape index (κ3) is 3.11. The highest BCUT2D eigenvalue weighted by atomic mass is 16.3. The van der Waals surface area contributed by atoms with Gasteiger partial charge in [-0.05, 0) is 49.2 Å². The summed E-state index contributed by atoms with van der Waals surface area (Å²) in [4.78, 5) is 5.11. The van der Waals surface area contributed by atoms with E-state index in [9.17, 15) is 5.11 Å². The number of piperazine rings is 1. The zero-order valence-electron chi connectivity index (χ0n) is 16.6. The van der Waals surface area contributed by atoms with E-state index in [1.807, 2.05) is 0 Å². The zero-order chi connectivity index (χ0) is 19.0. The van der Waals surface area contributed by atoms with Gasteiger partial charge in [-0.3, -0.25) is 9.80 Å². The summed E-state index contributed by atoms with van der Waals surface area (Å²) in [6.07, 6.45) is 6.07. The highest BCUT2D eigenvalue weighted by Gasteiger charge is 2.53. The Morgan fingerprint density at radius 2 is 1.64 bits per heavy atom. The molecule has 0 unspecified atom stereocenters. The van der Waals surface area contributed by atoms with Crippen molar-refractivity contribution in [3.05, 3.63) is 59.9 Å². The summed E-state index contributed by atoms with van der Waals surface area (Å²) in [5, 5.41) is 15.0. The molecule has 2 fully saturated rings. The Balaban J connectivity index is 1.29. The number of rotatable bonds is 4. The Morgan fingerprint density at radius 1 is 0.929 bits per heavy atom. The summed E-state index contributed by atoms with van der Waals surface area (Å²) in [7, 11) is 0. The van der Waals surface area contributed by atoms with Crippen molar-refractivity contribution in [3.63, 3.8) is 0 Å². The van der Waals surface area contributed by atoms with E-state index in [0.717, 1.165) is 65.2 Å². The third-order valence-corrected chi connectivity index (χ3v) is 7.32. The summed E-state index contributed by atoms with van der Waals surface area (Å²) in [6.45, 7) is 8.41. The van der Waals surface area contributed by atoms with Gasteiger partial charge in [0.25, 0.3) is 0 Å². The first-order valence-electron chi connectivity index (χ1n) is 10.8. The first kappa shape index (κ1) is 18.4. The summed E-state index contributed by atoms with van der Waals surface area (Å²) in [5.41, 5.74) is 2.72. The van der Waals surface area contributed by atoms with Crippen molar-refractivity contribution in [1.29, 1.82) is 0 Å². The van der Waals surface area contributed by atoms with Crippen LogP contribution in [0, 0.1) is 0 Å². The van der Waals surface area contributed by atoms with Crippen molar-refractivity contribution < 1.29 is 5.11 Å². The Morgan fingerprint density at radius 3 is 2.39 bits per heavy atom. The van der Waals surface area contributed by atoms with Crippen molar-refractivity contribution in [2.75, 3.05) is 45.8 Å². The van der Waals surface area contributed by atoms with Gasteiger partial charge >= 0.3 is 0 Å². The molecular formula is C23H32N4O. The molecule has 1 spiro atoms. The maximum absolute atomic E-state index is 11.5. The fourth-order valence-corrected chi connectivity index (χ4v) is 5.72. The minimum Gasteiger partial charge on any atom is -0.390 e. The number of aliphatic hydroxyl groups is 1. The van der Waals surface area contributed by atoms with Gasteiger partial charge in [-0.15, -0.1) is 0 Å². The number of piperidine rings is 1. The number of hydrogen-bond donors (Lipinski definition) is 2. The lowest BCUT2D eigenvalue weighted by Crippen LogP contribution is -2.53. The predicted octanol–water partition coefficient (Wildman–Crippen LogP) is 1.84. The van der Waals surface area contributed by atoms with Gasteiger partial charge in [0.15, 0.2) is 0 Å². The second kappa shape index (κ2) is 7.64. The van der Waals surface area contributed by atoms with Crippen molar-refractivity contribution in [3.8, 4) is 0 Å². The topological polar surface area (TPSA) is 43.7 Å². The highest BCUT2D eigenvalue weighted by Crippen LogP contribution is 2.52. The van der Waals surface area contributed by atoms with Crippen molar-refractivity contribution in [2.45, 2.75) is 36.9 Å². The maximum atomic E-state index is 11.5. The summed E-state index contributed by atoms with van der Waals surface area (Å²) < 4.78 is 2.25. The van der Waals surface area contributed by atoms with Gasteiger partial charge in [0, 0.05) is 57.1 Å². The molecule has 3 heterocycles. The monoisotopic (exact) mass is 380 g/mol. The maximum Gasteiger partial charge on any atom is 0.0834 e. The molecule has 5 rings (SSSR count). The van der Waals surface area contributed by atoms with Crippen LogP contribution in [0.3, 0.4) is 0 Å². The number of hydrogen-bond acceptors (Lipinski definition) is 4. The fraction of sp³-hybridized carbons (Fsp3) is 0.565. The van der Waals surface area contributed by atoms with Crippen LogP contribution < -0.4 is 5.32 Å². The molecule has 1 aliphatic carbocycles. The molecule has 0 bridgehead atoms. The van der Waals surface area contributed by atoms with Gasteiger partial charge in [-0.25, -0.2) is 0 Å². The van der Waals surface area contributed by atoms with Crippen molar-refractivity contribution in [1.82, 2.24) is 19.7 Å². The van der Waals surface area contributed by atoms with E-state index in [-0.39, 0.29) is 17.6 Å². The molecule has 1 aromatic heterocycles. The first-order chi connectivity index (χ1) is 13.8. The smallest absolute Gasteiger partial charge is 0.0834 e. The molecule has 1 aromatic carbocycles. The zero-order valence-corrected chi connectivity index (χ0v) is 16.6. The van der Waals surface area contributed by atoms with Gasteiger partial charge in [-0.1, -0.05) is 24.3 Å². The second-order valence-corrected chi connectivity index (χ2v) is 8.68. The van der Waals surface area contributed by atoms with E-state index < -0.39 is 0 Å². The second-order valence-electron chi connectivity index (χ2n) is 8.68. The highest BCUT2D eigenvalue weighted by molar-refractivity contribution is 5.45. The molecule has 0 radical (unpaired) electrons. The first-order valence-corrected chi connectivity index (χ1v) is 10.8. The normalized spacial score (nSPS) is 27.9. The van der Waals surface area contributed by atoms with Crippen molar-refractivity contribution in [2.24, 2.45) is 0 Å². The molecule has 5 nitrogen and oxygen atoms in total. The number of aliphatic hydroxyl groups excluding tert-OH is 1. The number of aromatic nitrogens is 1. The predicted molar refractivity (Wildman–Crippen MR) is 111 cm³/mol. The van der Waals surface area contributed by atoms with Crippen LogP contribution in [-0.4, -0.2) is 71.4 Å². The fourth-order valence-electron chi connectivity index (χ4n) is 5.72. The van der Waals surface area contributed by atoms with E-state index in [2.05, 4.69) is 68.5 Å². The lowest BCUT2D eigenvalue weighted by Gasteiger charge is -2.43. The lowest BCUT2D eigenvalue weighted by molar-refractivity contribution is -0.0181. The van der Waals surface area contributed by atoms with E-state index in [1.54, 1.807) is 0 Å². The Hall–Kier alpha value is -1.66.